The summed E-state index contributed by atoms with van der Waals surface area (Å²) in [5.41, 5.74) is -0.342. The van der Waals surface area contributed by atoms with Gasteiger partial charge in [-0.15, -0.1) is 0 Å². The van der Waals surface area contributed by atoms with E-state index in [4.69, 9.17) is 11.6 Å². The number of anilines is 1. The van der Waals surface area contributed by atoms with Gasteiger partial charge in [0, 0.05) is 18.7 Å². The highest BCUT2D eigenvalue weighted by Gasteiger charge is 2.20. The maximum atomic E-state index is 13.5. The van der Waals surface area contributed by atoms with Crippen LogP contribution in [-0.4, -0.2) is 23.6 Å². The first-order chi connectivity index (χ1) is 8.85. The number of thiol groups is 1. The molecule has 1 aromatic rings. The Bertz CT molecular complexity index is 490. The highest BCUT2D eigenvalue weighted by Crippen LogP contribution is 2.26. The minimum Gasteiger partial charge on any atom is -0.344 e. The molecule has 0 aliphatic rings. The zero-order valence-electron chi connectivity index (χ0n) is 9.84. The Morgan fingerprint density at radius 2 is 2.05 bits per heavy atom. The van der Waals surface area contributed by atoms with Gasteiger partial charge in [0.1, 0.15) is 11.9 Å². The molecule has 0 saturated carbocycles. The molecule has 2 N–H and O–H groups in total. The zero-order valence-corrected chi connectivity index (χ0v) is 11.5. The Labute approximate surface area is 118 Å². The maximum Gasteiger partial charge on any atom is 0.247 e. The summed E-state index contributed by atoms with van der Waals surface area (Å²) < 4.78 is 26.3. The maximum absolute atomic E-state index is 13.5. The third-order valence-corrected chi connectivity index (χ3v) is 2.79. The predicted molar refractivity (Wildman–Crippen MR) is 71.5 cm³/mol. The van der Waals surface area contributed by atoms with Crippen LogP contribution in [0.2, 0.25) is 5.02 Å². The molecule has 4 nitrogen and oxygen atoms in total. The molecule has 19 heavy (non-hydrogen) atoms. The fourth-order valence-electron chi connectivity index (χ4n) is 1.31. The summed E-state index contributed by atoms with van der Waals surface area (Å²) in [5.74, 6) is -2.96. The zero-order chi connectivity index (χ0) is 14.6. The Balaban J connectivity index is 2.90. The second-order valence-corrected chi connectivity index (χ2v) is 4.44. The van der Waals surface area contributed by atoms with Crippen molar-refractivity contribution in [3.63, 3.8) is 0 Å². The van der Waals surface area contributed by atoms with E-state index in [1.54, 1.807) is 0 Å². The molecule has 1 rings (SSSR count). The molecule has 0 heterocycles. The highest BCUT2D eigenvalue weighted by molar-refractivity contribution is 7.80. The molecule has 0 spiro atoms. The Hall–Kier alpha value is -1.34. The number of amides is 2. The third kappa shape index (κ3) is 4.36. The van der Waals surface area contributed by atoms with E-state index in [1.807, 2.05) is 0 Å². The first kappa shape index (κ1) is 15.7. The molecule has 0 aliphatic carbocycles. The van der Waals surface area contributed by atoms with Gasteiger partial charge in [0.15, 0.2) is 5.82 Å². The number of benzene rings is 1. The molecule has 0 bridgehead atoms. The molecular formula is C11H11ClF2N2O2S. The van der Waals surface area contributed by atoms with Crippen LogP contribution in [0.5, 0.6) is 0 Å². The summed E-state index contributed by atoms with van der Waals surface area (Å²) in [6.07, 6.45) is 0. The van der Waals surface area contributed by atoms with Gasteiger partial charge in [-0.25, -0.2) is 8.78 Å². The van der Waals surface area contributed by atoms with Crippen LogP contribution in [0.3, 0.4) is 0 Å². The molecule has 1 atom stereocenters. The number of hydrogen-bond donors (Lipinski definition) is 3. The number of halogens is 3. The van der Waals surface area contributed by atoms with Gasteiger partial charge in [-0.2, -0.15) is 12.6 Å². The average molecular weight is 309 g/mol. The lowest BCUT2D eigenvalue weighted by Crippen LogP contribution is -2.44. The molecule has 0 saturated heterocycles. The lowest BCUT2D eigenvalue weighted by atomic mass is 10.2. The smallest absolute Gasteiger partial charge is 0.247 e. The van der Waals surface area contributed by atoms with Crippen molar-refractivity contribution in [2.24, 2.45) is 0 Å². The van der Waals surface area contributed by atoms with E-state index in [1.165, 1.54) is 6.92 Å². The van der Waals surface area contributed by atoms with E-state index >= 15 is 0 Å². The second-order valence-electron chi connectivity index (χ2n) is 3.67. The molecule has 8 heteroatoms. The minimum absolute atomic E-state index is 0.0197. The molecule has 0 fully saturated rings. The molecule has 104 valence electrons. The molecule has 0 aromatic heterocycles. The van der Waals surface area contributed by atoms with E-state index in [0.29, 0.717) is 6.07 Å². The summed E-state index contributed by atoms with van der Waals surface area (Å²) in [6, 6.07) is 0.519. The number of carbonyl (C=O) groups is 2. The van der Waals surface area contributed by atoms with Gasteiger partial charge < -0.3 is 10.6 Å². The van der Waals surface area contributed by atoms with Crippen molar-refractivity contribution < 1.29 is 18.4 Å². The standard InChI is InChI=1S/C11H11ClF2N2O2S/c1-5(17)15-9(4-19)11(18)16-10-7(12)2-6(13)3-8(10)14/h2-3,9,19H,4H2,1H3,(H,15,17)(H,16,18). The average Bonchev–Trinajstić information content (AvgIpc) is 2.30. The van der Waals surface area contributed by atoms with Crippen LogP contribution in [0, 0.1) is 11.6 Å². The Kier molecular flexibility index (Phi) is 5.56. The summed E-state index contributed by atoms with van der Waals surface area (Å²) in [4.78, 5) is 22.6. The van der Waals surface area contributed by atoms with Gasteiger partial charge >= 0.3 is 0 Å². The molecule has 2 amide bonds. The number of nitrogens with one attached hydrogen (secondary N) is 2. The molecule has 1 unspecified atom stereocenters. The van der Waals surface area contributed by atoms with E-state index < -0.39 is 29.5 Å². The fraction of sp³-hybridized carbons (Fsp3) is 0.273. The van der Waals surface area contributed by atoms with Crippen molar-refractivity contribution >= 4 is 41.7 Å². The van der Waals surface area contributed by atoms with Crippen molar-refractivity contribution in [2.45, 2.75) is 13.0 Å². The summed E-state index contributed by atoms with van der Waals surface area (Å²) >= 11 is 9.53. The van der Waals surface area contributed by atoms with Crippen molar-refractivity contribution in [1.82, 2.24) is 5.32 Å². The van der Waals surface area contributed by atoms with Crippen LogP contribution in [0.1, 0.15) is 6.92 Å². The monoisotopic (exact) mass is 308 g/mol. The summed E-state index contributed by atoms with van der Waals surface area (Å²) in [7, 11) is 0. The van der Waals surface area contributed by atoms with Crippen molar-refractivity contribution in [3.05, 3.63) is 28.8 Å². The first-order valence-corrected chi connectivity index (χ1v) is 6.19. The van der Waals surface area contributed by atoms with E-state index in [-0.39, 0.29) is 16.5 Å². The van der Waals surface area contributed by atoms with Gasteiger partial charge in [-0.3, -0.25) is 9.59 Å². The van der Waals surface area contributed by atoms with Gasteiger partial charge in [0.05, 0.1) is 10.7 Å². The van der Waals surface area contributed by atoms with Crippen molar-refractivity contribution in [1.29, 1.82) is 0 Å². The van der Waals surface area contributed by atoms with E-state index in [9.17, 15) is 18.4 Å². The largest absolute Gasteiger partial charge is 0.344 e. The molecule has 0 radical (unpaired) electrons. The lowest BCUT2D eigenvalue weighted by molar-refractivity contribution is -0.124. The van der Waals surface area contributed by atoms with Crippen LogP contribution in [-0.2, 0) is 9.59 Å². The van der Waals surface area contributed by atoms with Gasteiger partial charge in [-0.05, 0) is 6.07 Å². The quantitative estimate of drug-likeness (QED) is 0.745. The summed E-state index contributed by atoms with van der Waals surface area (Å²) in [5, 5.41) is 4.25. The Morgan fingerprint density at radius 1 is 1.42 bits per heavy atom. The van der Waals surface area contributed by atoms with Crippen molar-refractivity contribution in [3.8, 4) is 0 Å². The fourth-order valence-corrected chi connectivity index (χ4v) is 1.81. The topological polar surface area (TPSA) is 58.2 Å². The van der Waals surface area contributed by atoms with Crippen molar-refractivity contribution in [2.75, 3.05) is 11.1 Å². The van der Waals surface area contributed by atoms with Gasteiger partial charge in [-0.1, -0.05) is 11.6 Å². The highest BCUT2D eigenvalue weighted by atomic mass is 35.5. The number of carbonyl (C=O) groups excluding carboxylic acids is 2. The van der Waals surface area contributed by atoms with Crippen LogP contribution >= 0.6 is 24.2 Å². The van der Waals surface area contributed by atoms with Crippen LogP contribution in [0.25, 0.3) is 0 Å². The summed E-state index contributed by atoms with van der Waals surface area (Å²) in [6.45, 7) is 1.23. The van der Waals surface area contributed by atoms with Gasteiger partial charge in [0.25, 0.3) is 0 Å². The minimum atomic E-state index is -1.00. The molecular weight excluding hydrogens is 298 g/mol. The SMILES string of the molecule is CC(=O)NC(CS)C(=O)Nc1c(F)cc(F)cc1Cl. The van der Waals surface area contributed by atoms with E-state index in [2.05, 4.69) is 23.3 Å². The van der Waals surface area contributed by atoms with Crippen LogP contribution in [0.4, 0.5) is 14.5 Å². The number of rotatable bonds is 4. The Morgan fingerprint density at radius 3 is 2.53 bits per heavy atom. The second kappa shape index (κ2) is 6.72. The predicted octanol–water partition coefficient (Wildman–Crippen LogP) is 1.99. The normalized spacial score (nSPS) is 11.8. The van der Waals surface area contributed by atoms with E-state index in [0.717, 1.165) is 6.07 Å². The molecule has 1 aromatic carbocycles. The molecule has 0 aliphatic heterocycles. The first-order valence-electron chi connectivity index (χ1n) is 5.18. The van der Waals surface area contributed by atoms with Gasteiger partial charge in [0.2, 0.25) is 11.8 Å². The third-order valence-electron chi connectivity index (χ3n) is 2.13. The van der Waals surface area contributed by atoms with Crippen LogP contribution < -0.4 is 10.6 Å². The van der Waals surface area contributed by atoms with Crippen LogP contribution in [0.15, 0.2) is 12.1 Å². The lowest BCUT2D eigenvalue weighted by Gasteiger charge is -2.16. The number of hydrogen-bond acceptors (Lipinski definition) is 3.